The van der Waals surface area contributed by atoms with Crippen LogP contribution in [-0.2, 0) is 0 Å². The van der Waals surface area contributed by atoms with Gasteiger partial charge in [-0.05, 0) is 26.2 Å². The number of thiazole rings is 1. The molecule has 0 aromatic carbocycles. The molecule has 1 aromatic heterocycles. The summed E-state index contributed by atoms with van der Waals surface area (Å²) in [6.07, 6.45) is 1.02. The molecule has 1 atom stereocenters. The fourth-order valence-corrected chi connectivity index (χ4v) is 2.20. The summed E-state index contributed by atoms with van der Waals surface area (Å²) in [5.41, 5.74) is 7.15. The minimum atomic E-state index is 0.123. The summed E-state index contributed by atoms with van der Waals surface area (Å²) < 4.78 is 0. The van der Waals surface area contributed by atoms with Gasteiger partial charge in [0, 0.05) is 4.88 Å². The van der Waals surface area contributed by atoms with Crippen LogP contribution in [0.15, 0.2) is 0 Å². The third-order valence-electron chi connectivity index (χ3n) is 2.09. The minimum absolute atomic E-state index is 0.123. The van der Waals surface area contributed by atoms with E-state index in [0.29, 0.717) is 5.92 Å². The minimum Gasteiger partial charge on any atom is -0.322 e. The lowest BCUT2D eigenvalue weighted by molar-refractivity contribution is 0.508. The largest absolute Gasteiger partial charge is 0.322 e. The molecule has 0 aliphatic carbocycles. The molecular formula is C10H18N2S. The Bertz CT molecular complexity index is 259. The van der Waals surface area contributed by atoms with Crippen molar-refractivity contribution in [3.05, 3.63) is 15.6 Å². The quantitative estimate of drug-likeness (QED) is 0.811. The van der Waals surface area contributed by atoms with E-state index in [2.05, 4.69) is 25.8 Å². The first-order valence-electron chi connectivity index (χ1n) is 4.70. The Balaban J connectivity index is 2.71. The Morgan fingerprint density at radius 2 is 2.00 bits per heavy atom. The molecule has 2 nitrogen and oxygen atoms in total. The molecule has 13 heavy (non-hydrogen) atoms. The number of nitrogens with zero attached hydrogens (tertiary/aromatic N) is 1. The van der Waals surface area contributed by atoms with Crippen LogP contribution in [0.4, 0.5) is 0 Å². The van der Waals surface area contributed by atoms with Crippen molar-refractivity contribution in [1.29, 1.82) is 0 Å². The van der Waals surface area contributed by atoms with E-state index < -0.39 is 0 Å². The number of aryl methyl sites for hydroxylation is 2. The van der Waals surface area contributed by atoms with Crippen molar-refractivity contribution in [3.8, 4) is 0 Å². The Morgan fingerprint density at radius 1 is 1.38 bits per heavy atom. The first kappa shape index (κ1) is 10.7. The van der Waals surface area contributed by atoms with Crippen LogP contribution in [0.25, 0.3) is 0 Å². The zero-order chi connectivity index (χ0) is 10.0. The highest BCUT2D eigenvalue weighted by Gasteiger charge is 2.13. The van der Waals surface area contributed by atoms with Crippen LogP contribution in [0, 0.1) is 19.8 Å². The van der Waals surface area contributed by atoms with Gasteiger partial charge in [-0.1, -0.05) is 13.8 Å². The second-order valence-corrected chi connectivity index (χ2v) is 5.16. The van der Waals surface area contributed by atoms with Crippen LogP contribution >= 0.6 is 11.3 Å². The number of hydrogen-bond acceptors (Lipinski definition) is 3. The Labute approximate surface area is 84.2 Å². The molecule has 1 rings (SSSR count). The second kappa shape index (κ2) is 4.20. The van der Waals surface area contributed by atoms with E-state index >= 15 is 0 Å². The predicted octanol–water partition coefficient (Wildman–Crippen LogP) is 2.81. The van der Waals surface area contributed by atoms with Crippen molar-refractivity contribution in [3.63, 3.8) is 0 Å². The molecule has 1 heterocycles. The summed E-state index contributed by atoms with van der Waals surface area (Å²) in [7, 11) is 0. The van der Waals surface area contributed by atoms with Gasteiger partial charge in [0.05, 0.1) is 11.7 Å². The van der Waals surface area contributed by atoms with Crippen LogP contribution in [-0.4, -0.2) is 4.98 Å². The molecule has 1 aromatic rings. The predicted molar refractivity (Wildman–Crippen MR) is 58.0 cm³/mol. The maximum absolute atomic E-state index is 6.03. The van der Waals surface area contributed by atoms with Gasteiger partial charge in [0.2, 0.25) is 0 Å². The number of rotatable bonds is 3. The first-order valence-corrected chi connectivity index (χ1v) is 5.52. The van der Waals surface area contributed by atoms with Gasteiger partial charge in [-0.3, -0.25) is 0 Å². The van der Waals surface area contributed by atoms with Gasteiger partial charge < -0.3 is 5.73 Å². The topological polar surface area (TPSA) is 38.9 Å². The third-order valence-corrected chi connectivity index (χ3v) is 3.29. The lowest BCUT2D eigenvalue weighted by Gasteiger charge is -2.10. The zero-order valence-electron chi connectivity index (χ0n) is 8.79. The molecular weight excluding hydrogens is 180 g/mol. The molecule has 74 valence electrons. The van der Waals surface area contributed by atoms with Gasteiger partial charge in [0.25, 0.3) is 0 Å². The molecule has 0 fully saturated rings. The van der Waals surface area contributed by atoms with Gasteiger partial charge in [-0.25, -0.2) is 4.98 Å². The van der Waals surface area contributed by atoms with E-state index in [1.165, 1.54) is 4.88 Å². The van der Waals surface area contributed by atoms with E-state index in [0.717, 1.165) is 17.1 Å². The van der Waals surface area contributed by atoms with Gasteiger partial charge in [0.1, 0.15) is 5.01 Å². The average Bonchev–Trinajstić information content (AvgIpc) is 2.31. The number of hydrogen-bond donors (Lipinski definition) is 1. The molecule has 3 heteroatoms. The summed E-state index contributed by atoms with van der Waals surface area (Å²) in [4.78, 5) is 5.74. The first-order chi connectivity index (χ1) is 6.00. The van der Waals surface area contributed by atoms with Gasteiger partial charge in [0.15, 0.2) is 0 Å². The van der Waals surface area contributed by atoms with Crippen LogP contribution in [0.5, 0.6) is 0 Å². The number of nitrogens with two attached hydrogens (primary N) is 1. The molecule has 1 unspecified atom stereocenters. The standard InChI is InChI=1S/C10H18N2S/c1-6(2)5-9(11)10-12-7(3)8(4)13-10/h6,9H,5,11H2,1-4H3. The highest BCUT2D eigenvalue weighted by atomic mass is 32.1. The molecule has 0 saturated carbocycles. The van der Waals surface area contributed by atoms with Crippen LogP contribution in [0.3, 0.4) is 0 Å². The maximum atomic E-state index is 6.03. The monoisotopic (exact) mass is 198 g/mol. The molecule has 0 spiro atoms. The van der Waals surface area contributed by atoms with E-state index in [9.17, 15) is 0 Å². The zero-order valence-corrected chi connectivity index (χ0v) is 9.61. The van der Waals surface area contributed by atoms with E-state index in [1.54, 1.807) is 11.3 Å². The molecule has 2 N–H and O–H groups in total. The molecule has 0 aliphatic rings. The Morgan fingerprint density at radius 3 is 2.38 bits per heavy atom. The molecule has 0 bridgehead atoms. The highest BCUT2D eigenvalue weighted by molar-refractivity contribution is 7.11. The average molecular weight is 198 g/mol. The van der Waals surface area contributed by atoms with Crippen molar-refractivity contribution < 1.29 is 0 Å². The normalized spacial score (nSPS) is 13.7. The van der Waals surface area contributed by atoms with E-state index in [4.69, 9.17) is 5.73 Å². The fraction of sp³-hybridized carbons (Fsp3) is 0.700. The van der Waals surface area contributed by atoms with E-state index in [-0.39, 0.29) is 6.04 Å². The van der Waals surface area contributed by atoms with Crippen molar-refractivity contribution >= 4 is 11.3 Å². The fourth-order valence-electron chi connectivity index (χ4n) is 1.26. The second-order valence-electron chi connectivity index (χ2n) is 3.93. The van der Waals surface area contributed by atoms with Gasteiger partial charge in [-0.2, -0.15) is 0 Å². The smallest absolute Gasteiger partial charge is 0.110 e. The summed E-state index contributed by atoms with van der Waals surface area (Å²) in [5, 5.41) is 1.09. The van der Waals surface area contributed by atoms with E-state index in [1.807, 2.05) is 6.92 Å². The summed E-state index contributed by atoms with van der Waals surface area (Å²) in [6.45, 7) is 8.51. The highest BCUT2D eigenvalue weighted by Crippen LogP contribution is 2.25. The van der Waals surface area contributed by atoms with Crippen LogP contribution < -0.4 is 5.73 Å². The maximum Gasteiger partial charge on any atom is 0.110 e. The SMILES string of the molecule is Cc1nc(C(N)CC(C)C)sc1C. The molecule has 0 saturated heterocycles. The van der Waals surface area contributed by atoms with Crippen molar-refractivity contribution in [2.45, 2.75) is 40.2 Å². The lowest BCUT2D eigenvalue weighted by Crippen LogP contribution is -2.12. The van der Waals surface area contributed by atoms with Crippen molar-refractivity contribution in [1.82, 2.24) is 4.98 Å². The van der Waals surface area contributed by atoms with Crippen molar-refractivity contribution in [2.24, 2.45) is 11.7 Å². The van der Waals surface area contributed by atoms with Gasteiger partial charge in [-0.15, -0.1) is 11.3 Å². The van der Waals surface area contributed by atoms with Crippen LogP contribution in [0.1, 0.15) is 41.9 Å². The lowest BCUT2D eigenvalue weighted by atomic mass is 10.1. The number of aromatic nitrogens is 1. The Kier molecular flexibility index (Phi) is 3.45. The van der Waals surface area contributed by atoms with Gasteiger partial charge >= 0.3 is 0 Å². The summed E-state index contributed by atoms with van der Waals surface area (Å²) in [6, 6.07) is 0.123. The third kappa shape index (κ3) is 2.78. The summed E-state index contributed by atoms with van der Waals surface area (Å²) >= 11 is 1.73. The molecule has 0 aliphatic heterocycles. The summed E-state index contributed by atoms with van der Waals surface area (Å²) in [5.74, 6) is 0.638. The molecule has 0 radical (unpaired) electrons. The Hall–Kier alpha value is -0.410. The van der Waals surface area contributed by atoms with Crippen molar-refractivity contribution in [2.75, 3.05) is 0 Å². The van der Waals surface area contributed by atoms with Crippen LogP contribution in [0.2, 0.25) is 0 Å². The molecule has 0 amide bonds.